The van der Waals surface area contributed by atoms with Crippen LogP contribution in [0.15, 0.2) is 17.6 Å². The molecule has 1 fully saturated rings. The molecule has 0 amide bonds. The second kappa shape index (κ2) is 6.18. The number of imidazole rings is 1. The fourth-order valence-corrected chi connectivity index (χ4v) is 3.70. The van der Waals surface area contributed by atoms with Gasteiger partial charge in [0.15, 0.2) is 5.16 Å². The van der Waals surface area contributed by atoms with Crippen molar-refractivity contribution in [2.24, 2.45) is 13.0 Å². The Hall–Kier alpha value is -1.01. The van der Waals surface area contributed by atoms with Crippen LogP contribution in [0, 0.1) is 5.92 Å². The van der Waals surface area contributed by atoms with Crippen LogP contribution in [0.2, 0.25) is 0 Å². The number of thioether (sulfide) groups is 1. The third-order valence-corrected chi connectivity index (χ3v) is 4.83. The van der Waals surface area contributed by atoms with Crippen LogP contribution in [-0.4, -0.2) is 40.0 Å². The highest BCUT2D eigenvalue weighted by molar-refractivity contribution is 7.99. The van der Waals surface area contributed by atoms with Gasteiger partial charge >= 0.3 is 5.97 Å². The topological polar surface area (TPSA) is 56.1 Å². The van der Waals surface area contributed by atoms with Gasteiger partial charge in [-0.05, 0) is 32.6 Å². The smallest absolute Gasteiger partial charge is 0.327 e. The lowest BCUT2D eigenvalue weighted by Crippen LogP contribution is -2.59. The molecule has 0 radical (unpaired) electrons. The van der Waals surface area contributed by atoms with E-state index in [9.17, 15) is 4.79 Å². The molecule has 1 heterocycles. The van der Waals surface area contributed by atoms with Crippen molar-refractivity contribution in [3.63, 3.8) is 0 Å². The zero-order valence-corrected chi connectivity index (χ0v) is 13.4. The molecule has 6 heteroatoms. The van der Waals surface area contributed by atoms with E-state index in [4.69, 9.17) is 4.74 Å². The van der Waals surface area contributed by atoms with Crippen LogP contribution in [0.3, 0.4) is 0 Å². The number of esters is 1. The Morgan fingerprint density at radius 2 is 2.35 bits per heavy atom. The molecule has 1 aromatic heterocycles. The van der Waals surface area contributed by atoms with Gasteiger partial charge in [0.2, 0.25) is 0 Å². The number of hydrogen-bond acceptors (Lipinski definition) is 5. The molecule has 0 saturated heterocycles. The molecule has 1 aliphatic carbocycles. The van der Waals surface area contributed by atoms with Gasteiger partial charge in [0, 0.05) is 31.2 Å². The van der Waals surface area contributed by atoms with Crippen LogP contribution in [0.4, 0.5) is 0 Å². The molecule has 0 spiro atoms. The Morgan fingerprint density at radius 1 is 1.65 bits per heavy atom. The number of methoxy groups -OCH3 is 1. The van der Waals surface area contributed by atoms with Crippen LogP contribution < -0.4 is 5.32 Å². The lowest BCUT2D eigenvalue weighted by Gasteiger charge is -2.33. The van der Waals surface area contributed by atoms with Gasteiger partial charge in [0.1, 0.15) is 5.54 Å². The Labute approximate surface area is 124 Å². The maximum atomic E-state index is 12.4. The number of aromatic nitrogens is 2. The molecule has 0 aromatic carbocycles. The zero-order valence-electron chi connectivity index (χ0n) is 12.5. The molecule has 1 saturated carbocycles. The maximum Gasteiger partial charge on any atom is 0.327 e. The highest BCUT2D eigenvalue weighted by Crippen LogP contribution is 2.43. The van der Waals surface area contributed by atoms with Crippen molar-refractivity contribution in [3.8, 4) is 0 Å². The quantitative estimate of drug-likeness (QED) is 0.615. The second-order valence-corrected chi connectivity index (χ2v) is 6.59. The maximum absolute atomic E-state index is 12.4. The minimum Gasteiger partial charge on any atom is -0.468 e. The van der Waals surface area contributed by atoms with Crippen LogP contribution in [0.25, 0.3) is 0 Å². The number of nitrogens with zero attached hydrogens (tertiary/aromatic N) is 2. The van der Waals surface area contributed by atoms with Gasteiger partial charge in [-0.25, -0.2) is 4.98 Å². The second-order valence-electron chi connectivity index (χ2n) is 5.65. The van der Waals surface area contributed by atoms with Crippen molar-refractivity contribution in [2.45, 2.75) is 43.4 Å². The van der Waals surface area contributed by atoms with Crippen molar-refractivity contribution in [3.05, 3.63) is 12.4 Å². The van der Waals surface area contributed by atoms with E-state index >= 15 is 0 Å². The van der Waals surface area contributed by atoms with Crippen LogP contribution in [0.5, 0.6) is 0 Å². The van der Waals surface area contributed by atoms with E-state index in [1.807, 2.05) is 17.8 Å². The molecule has 1 atom stereocenters. The SMILES string of the molecule is COC(=O)C(CSc1nccn1C)(NC(C)C)C1CC1. The Balaban J connectivity index is 2.16. The van der Waals surface area contributed by atoms with Crippen molar-refractivity contribution in [2.75, 3.05) is 12.9 Å². The van der Waals surface area contributed by atoms with E-state index in [0.717, 1.165) is 18.0 Å². The zero-order chi connectivity index (χ0) is 14.8. The Bertz CT molecular complexity index is 471. The van der Waals surface area contributed by atoms with Crippen LogP contribution in [-0.2, 0) is 16.6 Å². The fourth-order valence-electron chi connectivity index (χ4n) is 2.50. The molecule has 20 heavy (non-hydrogen) atoms. The summed E-state index contributed by atoms with van der Waals surface area (Å²) in [6, 6.07) is 0.233. The largest absolute Gasteiger partial charge is 0.468 e. The monoisotopic (exact) mass is 297 g/mol. The van der Waals surface area contributed by atoms with E-state index in [0.29, 0.717) is 11.7 Å². The first-order valence-corrected chi connectivity index (χ1v) is 7.94. The number of aryl methyl sites for hydroxylation is 1. The molecule has 1 aliphatic rings. The first kappa shape index (κ1) is 15.4. The normalized spacial score (nSPS) is 18.1. The van der Waals surface area contributed by atoms with E-state index < -0.39 is 5.54 Å². The number of carbonyl (C=O) groups excluding carboxylic acids is 1. The molecular formula is C14H23N3O2S. The number of nitrogens with one attached hydrogen (secondary N) is 1. The molecule has 1 unspecified atom stereocenters. The third kappa shape index (κ3) is 3.17. The minimum atomic E-state index is -0.598. The lowest BCUT2D eigenvalue weighted by molar-refractivity contribution is -0.148. The van der Waals surface area contributed by atoms with Gasteiger partial charge in [0.25, 0.3) is 0 Å². The summed E-state index contributed by atoms with van der Waals surface area (Å²) in [5.74, 6) is 0.855. The summed E-state index contributed by atoms with van der Waals surface area (Å²) < 4.78 is 7.04. The van der Waals surface area contributed by atoms with Crippen molar-refractivity contribution in [1.29, 1.82) is 0 Å². The van der Waals surface area contributed by atoms with Gasteiger partial charge in [-0.15, -0.1) is 0 Å². The summed E-state index contributed by atoms with van der Waals surface area (Å²) in [6.45, 7) is 4.12. The van der Waals surface area contributed by atoms with Crippen LogP contribution in [0.1, 0.15) is 26.7 Å². The standard InChI is InChI=1S/C14H23N3O2S/c1-10(2)16-14(11-5-6-11,12(18)19-4)9-20-13-15-7-8-17(13)3/h7-8,10-11,16H,5-6,9H2,1-4H3. The predicted octanol–water partition coefficient (Wildman–Crippen LogP) is 1.83. The van der Waals surface area contributed by atoms with Crippen molar-refractivity contribution >= 4 is 17.7 Å². The number of carbonyl (C=O) groups is 1. The summed E-state index contributed by atoms with van der Waals surface area (Å²) in [5, 5.41) is 4.38. The summed E-state index contributed by atoms with van der Waals surface area (Å²) >= 11 is 1.60. The summed E-state index contributed by atoms with van der Waals surface area (Å²) in [5.41, 5.74) is -0.598. The molecule has 112 valence electrons. The number of hydrogen-bond donors (Lipinski definition) is 1. The molecule has 1 aromatic rings. The average Bonchev–Trinajstić information content (AvgIpc) is 3.17. The van der Waals surface area contributed by atoms with Crippen molar-refractivity contribution < 1.29 is 9.53 Å². The average molecular weight is 297 g/mol. The van der Waals surface area contributed by atoms with Crippen LogP contribution >= 0.6 is 11.8 Å². The highest BCUT2D eigenvalue weighted by Gasteiger charge is 2.52. The first-order valence-electron chi connectivity index (χ1n) is 6.96. The molecule has 2 rings (SSSR count). The highest BCUT2D eigenvalue weighted by atomic mass is 32.2. The predicted molar refractivity (Wildman–Crippen MR) is 79.7 cm³/mol. The van der Waals surface area contributed by atoms with Gasteiger partial charge in [-0.1, -0.05) is 11.8 Å². The molecular weight excluding hydrogens is 274 g/mol. The van der Waals surface area contributed by atoms with E-state index in [-0.39, 0.29) is 12.0 Å². The van der Waals surface area contributed by atoms with Gasteiger partial charge in [-0.3, -0.25) is 10.1 Å². The molecule has 5 nitrogen and oxygen atoms in total. The number of rotatable bonds is 7. The fraction of sp³-hybridized carbons (Fsp3) is 0.714. The van der Waals surface area contributed by atoms with E-state index in [1.54, 1.807) is 18.0 Å². The first-order chi connectivity index (χ1) is 9.49. The van der Waals surface area contributed by atoms with Gasteiger partial charge in [-0.2, -0.15) is 0 Å². The molecule has 1 N–H and O–H groups in total. The summed E-state index contributed by atoms with van der Waals surface area (Å²) in [6.07, 6.45) is 5.84. The summed E-state index contributed by atoms with van der Waals surface area (Å²) in [7, 11) is 3.43. The minimum absolute atomic E-state index is 0.157. The molecule has 0 aliphatic heterocycles. The lowest BCUT2D eigenvalue weighted by atomic mass is 9.94. The van der Waals surface area contributed by atoms with E-state index in [2.05, 4.69) is 24.1 Å². The van der Waals surface area contributed by atoms with E-state index in [1.165, 1.54) is 7.11 Å². The number of ether oxygens (including phenoxy) is 1. The van der Waals surface area contributed by atoms with Crippen molar-refractivity contribution in [1.82, 2.24) is 14.9 Å². The van der Waals surface area contributed by atoms with Gasteiger partial charge in [0.05, 0.1) is 7.11 Å². The Kier molecular flexibility index (Phi) is 4.75. The van der Waals surface area contributed by atoms with Gasteiger partial charge < -0.3 is 9.30 Å². The summed E-state index contributed by atoms with van der Waals surface area (Å²) in [4.78, 5) is 16.7. The Morgan fingerprint density at radius 3 is 2.80 bits per heavy atom. The molecule has 0 bridgehead atoms. The third-order valence-electron chi connectivity index (χ3n) is 3.58.